The van der Waals surface area contributed by atoms with Crippen molar-refractivity contribution in [2.75, 3.05) is 26.6 Å². The molecule has 0 aromatic carbocycles. The molecule has 0 aliphatic carbocycles. The SMILES string of the molecule is CC.CCCCCCCCCCCCCCCCOC1C(OP(=O)(OC)OC)C(CC)OC1n1cnc2c(=O)[nH]c(N)nc21. The van der Waals surface area contributed by atoms with Crippen LogP contribution in [0.15, 0.2) is 11.1 Å². The van der Waals surface area contributed by atoms with Crippen LogP contribution in [0.5, 0.6) is 0 Å². The van der Waals surface area contributed by atoms with Gasteiger partial charge in [-0.1, -0.05) is 111 Å². The van der Waals surface area contributed by atoms with E-state index < -0.39 is 37.9 Å². The van der Waals surface area contributed by atoms with E-state index in [1.807, 2.05) is 20.8 Å². The van der Waals surface area contributed by atoms with Gasteiger partial charge in [-0.05, 0) is 12.8 Å². The molecule has 4 unspecified atom stereocenters. The average molecular weight is 644 g/mol. The molecule has 3 heterocycles. The van der Waals surface area contributed by atoms with Crippen molar-refractivity contribution >= 4 is 24.9 Å². The molecule has 254 valence electrons. The lowest BCUT2D eigenvalue weighted by Gasteiger charge is -2.27. The number of phosphoric acid groups is 1. The van der Waals surface area contributed by atoms with Crippen molar-refractivity contribution in [2.45, 2.75) is 149 Å². The van der Waals surface area contributed by atoms with E-state index in [2.05, 4.69) is 21.9 Å². The normalized spacial score (nSPS) is 20.2. The predicted octanol–water partition coefficient (Wildman–Crippen LogP) is 7.69. The molecule has 12 nitrogen and oxygen atoms in total. The van der Waals surface area contributed by atoms with E-state index in [9.17, 15) is 9.36 Å². The Morgan fingerprint density at radius 1 is 0.909 bits per heavy atom. The van der Waals surface area contributed by atoms with E-state index >= 15 is 0 Å². The quantitative estimate of drug-likeness (QED) is 0.0964. The highest BCUT2D eigenvalue weighted by molar-refractivity contribution is 7.48. The summed E-state index contributed by atoms with van der Waals surface area (Å²) < 4.78 is 43.3. The highest BCUT2D eigenvalue weighted by atomic mass is 31.2. The van der Waals surface area contributed by atoms with Gasteiger partial charge in [-0.15, -0.1) is 0 Å². The van der Waals surface area contributed by atoms with Crippen molar-refractivity contribution in [1.29, 1.82) is 0 Å². The number of ether oxygens (including phenoxy) is 2. The van der Waals surface area contributed by atoms with E-state index in [1.165, 1.54) is 91.2 Å². The van der Waals surface area contributed by atoms with E-state index in [0.717, 1.165) is 19.3 Å². The predicted molar refractivity (Wildman–Crippen MR) is 175 cm³/mol. The van der Waals surface area contributed by atoms with Crippen molar-refractivity contribution in [2.24, 2.45) is 0 Å². The second-order valence-electron chi connectivity index (χ2n) is 11.1. The lowest BCUT2D eigenvalue weighted by Crippen LogP contribution is -2.36. The number of nitrogens with two attached hydrogens (primary N) is 1. The molecule has 0 amide bonds. The Labute approximate surface area is 263 Å². The minimum Gasteiger partial charge on any atom is -0.371 e. The van der Waals surface area contributed by atoms with Crippen molar-refractivity contribution < 1.29 is 27.6 Å². The molecule has 3 rings (SSSR count). The maximum atomic E-state index is 13.0. The average Bonchev–Trinajstić information content (AvgIpc) is 3.60. The maximum Gasteiger partial charge on any atom is 0.474 e. The van der Waals surface area contributed by atoms with Crippen molar-refractivity contribution in [3.05, 3.63) is 16.7 Å². The number of fused-ring (bicyclic) bond motifs is 1. The fraction of sp³-hybridized carbons (Fsp3) is 0.839. The standard InChI is InChI=1S/C29H52N5O7P.C2H6/c1-5-7-8-9-10-11-12-13-14-15-16-17-18-19-20-39-25-24(41-42(36,37-3)38-4)22(6-2)40-28(25)34-21-31-23-26(34)32-29(30)33-27(23)35;1-2/h21-22,24-25,28H,5-20H2,1-4H3,(H3,30,32,33,35);1-2H3. The molecule has 2 aromatic rings. The third-order valence-corrected chi connectivity index (χ3v) is 9.31. The van der Waals surface area contributed by atoms with Gasteiger partial charge in [0, 0.05) is 20.8 Å². The Bertz CT molecular complexity index is 1150. The van der Waals surface area contributed by atoms with Gasteiger partial charge in [-0.25, -0.2) is 9.55 Å². The second-order valence-corrected chi connectivity index (χ2v) is 12.9. The molecule has 0 bridgehead atoms. The number of anilines is 1. The Kier molecular flexibility index (Phi) is 18.4. The van der Waals surface area contributed by atoms with Gasteiger partial charge in [0.2, 0.25) is 5.95 Å². The molecular weight excluding hydrogens is 585 g/mol. The first-order valence-corrected chi connectivity index (χ1v) is 18.2. The van der Waals surface area contributed by atoms with E-state index in [-0.39, 0.29) is 17.1 Å². The summed E-state index contributed by atoms with van der Waals surface area (Å²) in [6.07, 6.45) is 17.1. The molecule has 0 saturated carbocycles. The van der Waals surface area contributed by atoms with Crippen LogP contribution < -0.4 is 11.3 Å². The molecule has 1 aliphatic rings. The van der Waals surface area contributed by atoms with E-state index in [4.69, 9.17) is 28.8 Å². The monoisotopic (exact) mass is 643 g/mol. The summed E-state index contributed by atoms with van der Waals surface area (Å²) in [7, 11) is -1.30. The molecule has 4 atom stereocenters. The molecule has 0 radical (unpaired) electrons. The second kappa shape index (κ2) is 21.1. The minimum atomic E-state index is -3.84. The number of rotatable bonds is 22. The largest absolute Gasteiger partial charge is 0.474 e. The number of hydrogen-bond donors (Lipinski definition) is 2. The molecule has 3 N–H and O–H groups in total. The first-order chi connectivity index (χ1) is 21.4. The number of nitrogen functional groups attached to an aromatic ring is 1. The van der Waals surface area contributed by atoms with Gasteiger partial charge < -0.3 is 15.2 Å². The molecule has 1 aliphatic heterocycles. The Morgan fingerprint density at radius 3 is 1.98 bits per heavy atom. The highest BCUT2D eigenvalue weighted by Gasteiger charge is 2.50. The molecular formula is C31H58N5O7P. The number of nitrogens with zero attached hydrogens (tertiary/aromatic N) is 3. The summed E-state index contributed by atoms with van der Waals surface area (Å²) in [5.41, 5.74) is 5.77. The lowest BCUT2D eigenvalue weighted by atomic mass is 10.0. The maximum absolute atomic E-state index is 13.0. The Hall–Kier alpha value is -1.82. The number of hydrogen-bond acceptors (Lipinski definition) is 10. The van der Waals surface area contributed by atoms with Gasteiger partial charge in [0.05, 0.1) is 12.4 Å². The number of H-pyrrole nitrogens is 1. The summed E-state index contributed by atoms with van der Waals surface area (Å²) in [4.78, 5) is 23.3. The zero-order valence-corrected chi connectivity index (χ0v) is 28.8. The summed E-state index contributed by atoms with van der Waals surface area (Å²) >= 11 is 0. The number of unbranched alkanes of at least 4 members (excludes halogenated alkanes) is 13. The molecule has 0 spiro atoms. The van der Waals surface area contributed by atoms with Crippen LogP contribution in [-0.2, 0) is 27.6 Å². The number of aromatic nitrogens is 4. The smallest absolute Gasteiger partial charge is 0.371 e. The van der Waals surface area contributed by atoms with Crippen molar-refractivity contribution in [1.82, 2.24) is 19.5 Å². The molecule has 44 heavy (non-hydrogen) atoms. The van der Waals surface area contributed by atoms with Gasteiger partial charge in [0.15, 0.2) is 17.4 Å². The van der Waals surface area contributed by atoms with Crippen LogP contribution in [-0.4, -0.2) is 58.7 Å². The number of phosphoric ester groups is 1. The fourth-order valence-electron chi connectivity index (χ4n) is 5.52. The van der Waals surface area contributed by atoms with Gasteiger partial charge in [-0.2, -0.15) is 4.98 Å². The van der Waals surface area contributed by atoms with Gasteiger partial charge in [0.25, 0.3) is 5.56 Å². The summed E-state index contributed by atoms with van der Waals surface area (Å²) in [6, 6.07) is 0. The zero-order chi connectivity index (χ0) is 32.4. The molecule has 2 aromatic heterocycles. The van der Waals surface area contributed by atoms with Crippen LogP contribution in [0, 0.1) is 0 Å². The minimum absolute atomic E-state index is 0.0322. The van der Waals surface area contributed by atoms with E-state index in [1.54, 1.807) is 4.57 Å². The summed E-state index contributed by atoms with van der Waals surface area (Å²) in [5, 5.41) is 0. The molecule has 13 heteroatoms. The zero-order valence-electron chi connectivity index (χ0n) is 27.9. The number of nitrogens with one attached hydrogen (secondary N) is 1. The van der Waals surface area contributed by atoms with Gasteiger partial charge in [0.1, 0.15) is 12.2 Å². The van der Waals surface area contributed by atoms with Crippen LogP contribution in [0.1, 0.15) is 130 Å². The number of aromatic amines is 1. The van der Waals surface area contributed by atoms with Gasteiger partial charge >= 0.3 is 7.82 Å². The molecule has 1 saturated heterocycles. The topological polar surface area (TPSA) is 153 Å². The Balaban J connectivity index is 0.00000330. The van der Waals surface area contributed by atoms with Gasteiger partial charge in [-0.3, -0.25) is 27.9 Å². The van der Waals surface area contributed by atoms with Crippen LogP contribution in [0.4, 0.5) is 5.95 Å². The first-order valence-electron chi connectivity index (χ1n) is 16.8. The van der Waals surface area contributed by atoms with E-state index in [0.29, 0.717) is 13.0 Å². The van der Waals surface area contributed by atoms with Crippen LogP contribution >= 0.6 is 7.82 Å². The van der Waals surface area contributed by atoms with Crippen LogP contribution in [0.3, 0.4) is 0 Å². The van der Waals surface area contributed by atoms with Crippen LogP contribution in [0.2, 0.25) is 0 Å². The van der Waals surface area contributed by atoms with Crippen molar-refractivity contribution in [3.8, 4) is 0 Å². The molecule has 1 fully saturated rings. The fourth-order valence-corrected chi connectivity index (χ4v) is 6.40. The summed E-state index contributed by atoms with van der Waals surface area (Å²) in [5.74, 6) is -0.0322. The lowest BCUT2D eigenvalue weighted by molar-refractivity contribution is -0.0677. The van der Waals surface area contributed by atoms with Crippen LogP contribution in [0.25, 0.3) is 11.2 Å². The van der Waals surface area contributed by atoms with Crippen molar-refractivity contribution in [3.63, 3.8) is 0 Å². The third kappa shape index (κ3) is 11.5. The highest BCUT2D eigenvalue weighted by Crippen LogP contribution is 2.52. The number of imidazole rings is 1. The summed E-state index contributed by atoms with van der Waals surface area (Å²) in [6.45, 7) is 8.66. The first kappa shape index (κ1) is 38.4. The third-order valence-electron chi connectivity index (χ3n) is 7.92. The Morgan fingerprint density at radius 2 is 1.45 bits per heavy atom.